The molecule has 0 bridgehead atoms. The number of halogens is 1. The summed E-state index contributed by atoms with van der Waals surface area (Å²) < 4.78 is 25.7. The van der Waals surface area contributed by atoms with E-state index < -0.39 is 5.82 Å². The number of carbonyl (C=O) groups excluding carboxylic acids is 2. The molecule has 1 N–H and O–H groups in total. The van der Waals surface area contributed by atoms with Crippen LogP contribution in [0.2, 0.25) is 0 Å². The first-order valence-corrected chi connectivity index (χ1v) is 14.7. The van der Waals surface area contributed by atoms with Crippen LogP contribution in [0.4, 0.5) is 10.1 Å². The Labute approximate surface area is 256 Å². The van der Waals surface area contributed by atoms with Crippen molar-refractivity contribution in [1.82, 2.24) is 25.1 Å². The van der Waals surface area contributed by atoms with Gasteiger partial charge >= 0.3 is 0 Å². The Morgan fingerprint density at radius 3 is 2.64 bits per heavy atom. The number of carbonyl (C=O) groups is 2. The Morgan fingerprint density at radius 2 is 1.93 bits per heavy atom. The molecule has 12 heteroatoms. The van der Waals surface area contributed by atoms with Crippen molar-refractivity contribution >= 4 is 17.5 Å². The van der Waals surface area contributed by atoms with Crippen LogP contribution < -0.4 is 19.7 Å². The Kier molecular flexibility index (Phi) is 9.55. The predicted octanol–water partition coefficient (Wildman–Crippen LogP) is 3.10. The van der Waals surface area contributed by atoms with Crippen LogP contribution in [0.15, 0.2) is 48.7 Å². The second kappa shape index (κ2) is 13.7. The molecule has 0 aliphatic carbocycles. The third kappa shape index (κ3) is 7.06. The predicted molar refractivity (Wildman–Crippen MR) is 162 cm³/mol. The number of benzene rings is 1. The van der Waals surface area contributed by atoms with Crippen LogP contribution in [0.25, 0.3) is 11.3 Å². The zero-order chi connectivity index (χ0) is 31.2. The number of nitriles is 1. The summed E-state index contributed by atoms with van der Waals surface area (Å²) in [5.74, 6) is -0.00958. The minimum absolute atomic E-state index is 0.00993. The molecule has 4 heterocycles. The number of nitrogens with zero attached hydrogens (tertiary/aromatic N) is 6. The average Bonchev–Trinajstić information content (AvgIpc) is 3.01. The highest BCUT2D eigenvalue weighted by molar-refractivity contribution is 5.96. The number of hydrogen-bond donors (Lipinski definition) is 1. The van der Waals surface area contributed by atoms with Gasteiger partial charge in [-0.1, -0.05) is 0 Å². The van der Waals surface area contributed by atoms with E-state index in [4.69, 9.17) is 14.5 Å². The largest absolute Gasteiger partial charge is 0.488 e. The first-order valence-electron chi connectivity index (χ1n) is 14.7. The van der Waals surface area contributed by atoms with Crippen molar-refractivity contribution in [2.45, 2.75) is 31.9 Å². The normalized spacial score (nSPS) is 15.7. The van der Waals surface area contributed by atoms with E-state index in [2.05, 4.69) is 16.4 Å². The lowest BCUT2D eigenvalue weighted by molar-refractivity contribution is -0.131. The molecule has 11 nitrogen and oxygen atoms in total. The molecule has 2 amide bonds. The van der Waals surface area contributed by atoms with E-state index in [1.807, 2.05) is 22.8 Å². The Morgan fingerprint density at radius 1 is 1.16 bits per heavy atom. The third-order valence-corrected chi connectivity index (χ3v) is 7.71. The van der Waals surface area contributed by atoms with Gasteiger partial charge in [-0.25, -0.2) is 14.4 Å². The molecule has 2 aliphatic heterocycles. The number of rotatable bonds is 10. The maximum atomic E-state index is 13.7. The lowest BCUT2D eigenvalue weighted by Crippen LogP contribution is -2.60. The number of amides is 2. The summed E-state index contributed by atoms with van der Waals surface area (Å²) >= 11 is 0. The molecule has 0 spiro atoms. The zero-order valence-corrected chi connectivity index (χ0v) is 25.1. The number of anilines is 1. The number of nitrogens with one attached hydrogen (secondary N) is 1. The molecule has 0 radical (unpaired) electrons. The number of pyridine rings is 2. The van der Waals surface area contributed by atoms with E-state index in [9.17, 15) is 19.2 Å². The first kappa shape index (κ1) is 30.7. The smallest absolute Gasteiger partial charge is 0.274 e. The van der Waals surface area contributed by atoms with Crippen molar-refractivity contribution < 1.29 is 23.5 Å². The van der Waals surface area contributed by atoms with Gasteiger partial charge in [0.1, 0.15) is 18.0 Å². The highest BCUT2D eigenvalue weighted by Gasteiger charge is 2.32. The van der Waals surface area contributed by atoms with E-state index in [1.54, 1.807) is 49.5 Å². The van der Waals surface area contributed by atoms with Gasteiger partial charge < -0.3 is 24.6 Å². The second-order valence-electron chi connectivity index (χ2n) is 11.1. The molecule has 1 aromatic carbocycles. The Balaban J connectivity index is 1.32. The molecule has 2 saturated heterocycles. The molecule has 0 atom stereocenters. The van der Waals surface area contributed by atoms with Gasteiger partial charge in [-0.05, 0) is 49.4 Å². The van der Waals surface area contributed by atoms with Crippen LogP contribution in [-0.2, 0) is 4.79 Å². The lowest BCUT2D eigenvalue weighted by Gasteiger charge is -2.39. The maximum absolute atomic E-state index is 13.7. The standard InChI is InChI=1S/C32H36FN7O4/c1-4-43-32-25(6-5-13-35-32)26-8-10-28(30(37-26)31(42)36-23-18-39(19-23)20-29(41)38(2)3)44-24-11-14-40(15-12-24)27-9-7-22(33)16-21(27)17-34/h5-10,13,16,23-24H,4,11-12,14-15,18-20H2,1-3H3,(H,36,42). The van der Waals surface area contributed by atoms with Crippen molar-refractivity contribution in [2.24, 2.45) is 0 Å². The fourth-order valence-corrected chi connectivity index (χ4v) is 5.34. The minimum Gasteiger partial charge on any atom is -0.488 e. The van der Waals surface area contributed by atoms with Gasteiger partial charge in [0.05, 0.1) is 41.7 Å². The maximum Gasteiger partial charge on any atom is 0.274 e. The van der Waals surface area contributed by atoms with Crippen molar-refractivity contribution in [3.05, 3.63) is 65.7 Å². The van der Waals surface area contributed by atoms with Gasteiger partial charge in [0.25, 0.3) is 5.91 Å². The Bertz CT molecular complexity index is 1550. The number of likely N-dealkylation sites (N-methyl/N-ethyl adjacent to an activating group) is 1. The van der Waals surface area contributed by atoms with E-state index >= 15 is 0 Å². The number of aromatic nitrogens is 2. The molecule has 44 heavy (non-hydrogen) atoms. The Hall–Kier alpha value is -4.76. The quantitative estimate of drug-likeness (QED) is 0.373. The van der Waals surface area contributed by atoms with Crippen molar-refractivity contribution in [1.29, 1.82) is 5.26 Å². The van der Waals surface area contributed by atoms with Crippen LogP contribution in [-0.4, -0.2) is 97.2 Å². The second-order valence-corrected chi connectivity index (χ2v) is 11.1. The molecule has 0 saturated carbocycles. The molecule has 3 aromatic rings. The molecule has 2 aromatic heterocycles. The minimum atomic E-state index is -0.443. The number of piperidine rings is 1. The van der Waals surface area contributed by atoms with E-state index in [0.717, 1.165) is 0 Å². The molecule has 0 unspecified atom stereocenters. The lowest BCUT2D eigenvalue weighted by atomic mass is 10.0. The molecule has 230 valence electrons. The van der Waals surface area contributed by atoms with Gasteiger partial charge in [-0.15, -0.1) is 0 Å². The molecular weight excluding hydrogens is 565 g/mol. The summed E-state index contributed by atoms with van der Waals surface area (Å²) in [5.41, 5.74) is 2.34. The van der Waals surface area contributed by atoms with Gasteiger partial charge in [-0.2, -0.15) is 5.26 Å². The monoisotopic (exact) mass is 601 g/mol. The molecule has 2 aliphatic rings. The van der Waals surface area contributed by atoms with Crippen LogP contribution in [0, 0.1) is 17.1 Å². The fourth-order valence-electron chi connectivity index (χ4n) is 5.34. The van der Waals surface area contributed by atoms with Crippen molar-refractivity contribution in [2.75, 3.05) is 58.3 Å². The molecule has 2 fully saturated rings. The van der Waals surface area contributed by atoms with Gasteiger partial charge in [0.2, 0.25) is 11.8 Å². The van der Waals surface area contributed by atoms with Crippen LogP contribution >= 0.6 is 0 Å². The topological polar surface area (TPSA) is 124 Å². The third-order valence-electron chi connectivity index (χ3n) is 7.71. The van der Waals surface area contributed by atoms with Crippen LogP contribution in [0.3, 0.4) is 0 Å². The highest BCUT2D eigenvalue weighted by atomic mass is 19.1. The van der Waals surface area contributed by atoms with Gasteiger partial charge in [-0.3, -0.25) is 14.5 Å². The first-order chi connectivity index (χ1) is 21.2. The number of hydrogen-bond acceptors (Lipinski definition) is 9. The van der Waals surface area contributed by atoms with E-state index in [-0.39, 0.29) is 29.7 Å². The molecule has 5 rings (SSSR count). The average molecular weight is 602 g/mol. The summed E-state index contributed by atoms with van der Waals surface area (Å²) in [7, 11) is 3.44. The summed E-state index contributed by atoms with van der Waals surface area (Å²) in [6, 6.07) is 13.4. The highest BCUT2D eigenvalue weighted by Crippen LogP contribution is 2.31. The fraction of sp³-hybridized carbons (Fsp3) is 0.406. The van der Waals surface area contributed by atoms with Crippen molar-refractivity contribution in [3.63, 3.8) is 0 Å². The van der Waals surface area contributed by atoms with Gasteiger partial charge in [0, 0.05) is 59.3 Å². The summed E-state index contributed by atoms with van der Waals surface area (Å²) in [6.07, 6.45) is 2.73. The van der Waals surface area contributed by atoms with Gasteiger partial charge in [0.15, 0.2) is 11.4 Å². The van der Waals surface area contributed by atoms with E-state index in [1.165, 1.54) is 12.1 Å². The summed E-state index contributed by atoms with van der Waals surface area (Å²) in [4.78, 5) is 40.3. The van der Waals surface area contributed by atoms with Crippen molar-refractivity contribution in [3.8, 4) is 29.0 Å². The van der Waals surface area contributed by atoms with Crippen LogP contribution in [0.5, 0.6) is 11.6 Å². The molecular formula is C32H36FN7O4. The number of ether oxygens (including phenoxy) is 2. The van der Waals surface area contributed by atoms with Crippen LogP contribution in [0.1, 0.15) is 35.8 Å². The summed E-state index contributed by atoms with van der Waals surface area (Å²) in [5, 5.41) is 12.5. The van der Waals surface area contributed by atoms with E-state index in [0.29, 0.717) is 86.3 Å². The SMILES string of the molecule is CCOc1ncccc1-c1ccc(OC2CCN(c3ccc(F)cc3C#N)CC2)c(C(=O)NC2CN(CC(=O)N(C)C)C2)n1. The zero-order valence-electron chi connectivity index (χ0n) is 25.1. The summed E-state index contributed by atoms with van der Waals surface area (Å²) in [6.45, 7) is 4.94. The number of likely N-dealkylation sites (tertiary alicyclic amines) is 1.